The lowest BCUT2D eigenvalue weighted by Crippen LogP contribution is -2.18. The number of amides is 1. The normalized spacial score (nSPS) is 10.9. The third-order valence-corrected chi connectivity index (χ3v) is 5.08. The van der Waals surface area contributed by atoms with Gasteiger partial charge in [0.25, 0.3) is 0 Å². The lowest BCUT2D eigenvalue weighted by molar-refractivity contribution is -0.116. The molecule has 9 heteroatoms. The molecule has 3 aromatic rings. The number of benzene rings is 2. The number of Topliss-reactive ketones (excluding diaryl/α,β-unsaturated/α-hetero) is 1. The highest BCUT2D eigenvalue weighted by Crippen LogP contribution is 2.29. The topological polar surface area (TPSA) is 91.7 Å². The molecule has 3 rings (SSSR count). The van der Waals surface area contributed by atoms with Gasteiger partial charge in [-0.3, -0.25) is 14.9 Å². The smallest absolute Gasteiger partial charge is 0.227 e. The summed E-state index contributed by atoms with van der Waals surface area (Å²) in [6.07, 6.45) is 0.0652. The predicted molar refractivity (Wildman–Crippen MR) is 123 cm³/mol. The molecule has 8 nitrogen and oxygen atoms in total. The van der Waals surface area contributed by atoms with Crippen LogP contribution in [-0.2, 0) is 16.1 Å². The molecule has 170 valence electrons. The van der Waals surface area contributed by atoms with E-state index in [1.165, 1.54) is 7.11 Å². The Balaban J connectivity index is 1.68. The number of carbonyl (C=O) groups excluding carboxylic acids is 2. The third kappa shape index (κ3) is 5.57. The number of ketones is 1. The fraction of sp³-hybridized carbons (Fsp3) is 0.348. The number of rotatable bonds is 11. The van der Waals surface area contributed by atoms with E-state index in [0.717, 1.165) is 5.52 Å². The summed E-state index contributed by atoms with van der Waals surface area (Å²) in [6, 6.07) is 10.3. The van der Waals surface area contributed by atoms with Gasteiger partial charge in [0.1, 0.15) is 0 Å². The first kappa shape index (κ1) is 23.6. The minimum absolute atomic E-state index is 0.0165. The molecule has 0 aliphatic rings. The summed E-state index contributed by atoms with van der Waals surface area (Å²) in [5, 5.41) is 3.36. The summed E-state index contributed by atoms with van der Waals surface area (Å²) in [5.74, 6) is 0.962. The summed E-state index contributed by atoms with van der Waals surface area (Å²) in [6.45, 7) is 3.32. The summed E-state index contributed by atoms with van der Waals surface area (Å²) in [4.78, 5) is 29.6. The Morgan fingerprint density at radius 2 is 1.91 bits per heavy atom. The molecule has 0 aliphatic heterocycles. The second-order valence-electron chi connectivity index (χ2n) is 6.98. The van der Waals surface area contributed by atoms with Gasteiger partial charge in [0, 0.05) is 37.1 Å². The second-order valence-corrected chi connectivity index (χ2v) is 7.42. The zero-order chi connectivity index (χ0) is 23.1. The van der Waals surface area contributed by atoms with Gasteiger partial charge in [0.05, 0.1) is 31.4 Å². The van der Waals surface area contributed by atoms with Crippen molar-refractivity contribution in [1.29, 1.82) is 0 Å². The molecule has 0 bridgehead atoms. The third-order valence-electron chi connectivity index (χ3n) is 4.85. The number of fused-ring (bicyclic) bond motifs is 1. The van der Waals surface area contributed by atoms with Crippen LogP contribution in [-0.4, -0.2) is 48.7 Å². The molecule has 1 heterocycles. The van der Waals surface area contributed by atoms with Crippen LogP contribution in [0.3, 0.4) is 0 Å². The highest BCUT2D eigenvalue weighted by Gasteiger charge is 2.16. The number of halogens is 1. The number of anilines is 1. The molecule has 0 fully saturated rings. The summed E-state index contributed by atoms with van der Waals surface area (Å²) >= 11 is 6.07. The van der Waals surface area contributed by atoms with Crippen molar-refractivity contribution in [1.82, 2.24) is 9.55 Å². The fourth-order valence-electron chi connectivity index (χ4n) is 3.28. The Morgan fingerprint density at radius 3 is 2.62 bits per heavy atom. The van der Waals surface area contributed by atoms with E-state index < -0.39 is 0 Å². The van der Waals surface area contributed by atoms with Crippen LogP contribution in [0.1, 0.15) is 30.1 Å². The minimum atomic E-state index is -0.309. The van der Waals surface area contributed by atoms with Crippen LogP contribution in [0.4, 0.5) is 5.95 Å². The van der Waals surface area contributed by atoms with Gasteiger partial charge in [-0.15, -0.1) is 0 Å². The zero-order valence-electron chi connectivity index (χ0n) is 18.3. The molecule has 1 aromatic heterocycles. The van der Waals surface area contributed by atoms with Crippen LogP contribution >= 0.6 is 11.6 Å². The van der Waals surface area contributed by atoms with E-state index in [1.54, 1.807) is 37.4 Å². The van der Waals surface area contributed by atoms with E-state index in [9.17, 15) is 9.59 Å². The molecule has 1 N–H and O–H groups in total. The van der Waals surface area contributed by atoms with E-state index in [-0.39, 0.29) is 24.5 Å². The standard InChI is InChI=1S/C23H26ClN3O5/c1-4-32-20-9-5-15(13-21(20)31-3)19(28)8-10-22(29)26-23-25-17-14-16(24)6-7-18(17)27(23)11-12-30-2/h5-7,9,13-14H,4,8,10-12H2,1-3H3,(H,25,26,29). The summed E-state index contributed by atoms with van der Waals surface area (Å²) in [5.41, 5.74) is 1.96. The molecule has 0 unspecified atom stereocenters. The van der Waals surface area contributed by atoms with Gasteiger partial charge in [-0.05, 0) is 43.3 Å². The molecular weight excluding hydrogens is 434 g/mol. The monoisotopic (exact) mass is 459 g/mol. The molecule has 0 saturated heterocycles. The highest BCUT2D eigenvalue weighted by molar-refractivity contribution is 6.31. The number of hydrogen-bond acceptors (Lipinski definition) is 6. The van der Waals surface area contributed by atoms with Crippen molar-refractivity contribution < 1.29 is 23.8 Å². The quantitative estimate of drug-likeness (QED) is 0.429. The van der Waals surface area contributed by atoms with Crippen LogP contribution in [0, 0.1) is 0 Å². The lowest BCUT2D eigenvalue weighted by atomic mass is 10.1. The Kier molecular flexibility index (Phi) is 8.08. The molecule has 2 aromatic carbocycles. The summed E-state index contributed by atoms with van der Waals surface area (Å²) < 4.78 is 17.8. The van der Waals surface area contributed by atoms with E-state index >= 15 is 0 Å². The Labute approximate surface area is 191 Å². The van der Waals surface area contributed by atoms with Gasteiger partial charge in [-0.1, -0.05) is 11.6 Å². The van der Waals surface area contributed by atoms with Crippen molar-refractivity contribution in [3.63, 3.8) is 0 Å². The van der Waals surface area contributed by atoms with Crippen molar-refractivity contribution in [3.8, 4) is 11.5 Å². The number of hydrogen-bond donors (Lipinski definition) is 1. The van der Waals surface area contributed by atoms with E-state index in [4.69, 9.17) is 25.8 Å². The van der Waals surface area contributed by atoms with Crippen molar-refractivity contribution in [3.05, 3.63) is 47.0 Å². The van der Waals surface area contributed by atoms with Gasteiger partial charge in [0.15, 0.2) is 17.3 Å². The van der Waals surface area contributed by atoms with E-state index in [0.29, 0.717) is 53.3 Å². The minimum Gasteiger partial charge on any atom is -0.493 e. The van der Waals surface area contributed by atoms with Gasteiger partial charge >= 0.3 is 0 Å². The highest BCUT2D eigenvalue weighted by atomic mass is 35.5. The maximum atomic E-state index is 12.6. The van der Waals surface area contributed by atoms with Gasteiger partial charge < -0.3 is 18.8 Å². The maximum absolute atomic E-state index is 12.6. The van der Waals surface area contributed by atoms with Crippen molar-refractivity contribution >= 4 is 40.3 Å². The fourth-order valence-corrected chi connectivity index (χ4v) is 3.45. The first-order valence-electron chi connectivity index (χ1n) is 10.3. The zero-order valence-corrected chi connectivity index (χ0v) is 19.1. The van der Waals surface area contributed by atoms with Crippen LogP contribution in [0.5, 0.6) is 11.5 Å². The van der Waals surface area contributed by atoms with Crippen molar-refractivity contribution in [2.45, 2.75) is 26.3 Å². The first-order valence-corrected chi connectivity index (χ1v) is 10.6. The number of nitrogens with one attached hydrogen (secondary N) is 1. The Hall–Kier alpha value is -3.10. The summed E-state index contributed by atoms with van der Waals surface area (Å²) in [7, 11) is 3.12. The Bertz CT molecular complexity index is 1110. The van der Waals surface area contributed by atoms with Crippen molar-refractivity contribution in [2.24, 2.45) is 0 Å². The molecule has 0 atom stereocenters. The van der Waals surface area contributed by atoms with Crippen LogP contribution in [0.25, 0.3) is 11.0 Å². The van der Waals surface area contributed by atoms with Gasteiger partial charge in [0.2, 0.25) is 11.9 Å². The van der Waals surface area contributed by atoms with E-state index in [1.807, 2.05) is 17.6 Å². The van der Waals surface area contributed by atoms with Crippen LogP contribution in [0.15, 0.2) is 36.4 Å². The second kappa shape index (κ2) is 11.0. The number of nitrogens with zero attached hydrogens (tertiary/aromatic N) is 2. The lowest BCUT2D eigenvalue weighted by Gasteiger charge is -2.11. The van der Waals surface area contributed by atoms with Gasteiger partial charge in [-0.25, -0.2) is 4.98 Å². The van der Waals surface area contributed by atoms with Gasteiger partial charge in [-0.2, -0.15) is 0 Å². The molecule has 32 heavy (non-hydrogen) atoms. The number of carbonyl (C=O) groups is 2. The average molecular weight is 460 g/mol. The van der Waals surface area contributed by atoms with E-state index in [2.05, 4.69) is 10.3 Å². The number of imidazole rings is 1. The molecule has 0 aliphatic carbocycles. The first-order chi connectivity index (χ1) is 15.5. The molecular formula is C23H26ClN3O5. The predicted octanol–water partition coefficient (Wildman–Crippen LogP) is 4.35. The van der Waals surface area contributed by atoms with Crippen LogP contribution < -0.4 is 14.8 Å². The molecule has 0 spiro atoms. The molecule has 1 amide bonds. The number of methoxy groups -OCH3 is 2. The largest absolute Gasteiger partial charge is 0.493 e. The van der Waals surface area contributed by atoms with Crippen molar-refractivity contribution in [2.75, 3.05) is 32.8 Å². The average Bonchev–Trinajstić information content (AvgIpc) is 3.12. The SMILES string of the molecule is CCOc1ccc(C(=O)CCC(=O)Nc2nc3cc(Cl)ccc3n2CCOC)cc1OC. The van der Waals surface area contributed by atoms with Crippen LogP contribution in [0.2, 0.25) is 5.02 Å². The molecule has 0 radical (unpaired) electrons. The number of aromatic nitrogens is 2. The maximum Gasteiger partial charge on any atom is 0.227 e. The Morgan fingerprint density at radius 1 is 1.09 bits per heavy atom. The number of ether oxygens (including phenoxy) is 3. The molecule has 0 saturated carbocycles.